The summed E-state index contributed by atoms with van der Waals surface area (Å²) in [6.07, 6.45) is 5.74. The maximum Gasteiger partial charge on any atom is 0.0868 e. The zero-order valence-corrected chi connectivity index (χ0v) is 19.7. The van der Waals surface area contributed by atoms with Crippen molar-refractivity contribution in [1.82, 2.24) is 14.8 Å². The van der Waals surface area contributed by atoms with Crippen molar-refractivity contribution in [3.63, 3.8) is 0 Å². The van der Waals surface area contributed by atoms with Crippen molar-refractivity contribution in [1.29, 1.82) is 10.8 Å². The van der Waals surface area contributed by atoms with Gasteiger partial charge in [-0.3, -0.25) is 20.2 Å². The molecular weight excluding hydrogens is 422 g/mol. The monoisotopic (exact) mass is 455 g/mol. The van der Waals surface area contributed by atoms with Gasteiger partial charge in [-0.15, -0.1) is 0 Å². The SMILES string of the molecule is CN=CC(C=N)c1ccc(N)c(C(=N)c2cc3cc(CN4CCN5CCCC5C4)ccc3[nH]2)c1. The lowest BCUT2D eigenvalue weighted by molar-refractivity contribution is 0.0994. The molecule has 5 rings (SSSR count). The van der Waals surface area contributed by atoms with E-state index in [4.69, 9.17) is 16.6 Å². The average molecular weight is 456 g/mol. The fourth-order valence-electron chi connectivity index (χ4n) is 5.40. The minimum atomic E-state index is -0.228. The number of aliphatic imine (C=N–C) groups is 1. The summed E-state index contributed by atoms with van der Waals surface area (Å²) in [6.45, 7) is 5.71. The van der Waals surface area contributed by atoms with E-state index in [9.17, 15) is 0 Å². The number of rotatable bonds is 7. The maximum absolute atomic E-state index is 8.85. The molecule has 5 N–H and O–H groups in total. The fourth-order valence-corrected chi connectivity index (χ4v) is 5.40. The van der Waals surface area contributed by atoms with E-state index in [0.29, 0.717) is 17.0 Å². The van der Waals surface area contributed by atoms with Gasteiger partial charge in [0.1, 0.15) is 0 Å². The Kier molecular flexibility index (Phi) is 6.30. The molecule has 2 atom stereocenters. The summed E-state index contributed by atoms with van der Waals surface area (Å²) in [5.41, 5.74) is 11.8. The normalized spacial score (nSPS) is 20.1. The van der Waals surface area contributed by atoms with Crippen molar-refractivity contribution < 1.29 is 0 Å². The quantitative estimate of drug-likeness (QED) is 0.321. The number of nitrogens with two attached hydrogens (primary N) is 1. The van der Waals surface area contributed by atoms with Gasteiger partial charge in [0.15, 0.2) is 0 Å². The van der Waals surface area contributed by atoms with Crippen molar-refractivity contribution in [2.24, 2.45) is 4.99 Å². The van der Waals surface area contributed by atoms with Gasteiger partial charge < -0.3 is 16.1 Å². The molecule has 34 heavy (non-hydrogen) atoms. The maximum atomic E-state index is 8.85. The second kappa shape index (κ2) is 9.52. The molecule has 7 heteroatoms. The number of anilines is 1. The first-order valence-corrected chi connectivity index (χ1v) is 12.1. The highest BCUT2D eigenvalue weighted by atomic mass is 15.3. The lowest BCUT2D eigenvalue weighted by atomic mass is 9.95. The Morgan fingerprint density at radius 2 is 2.09 bits per heavy atom. The van der Waals surface area contributed by atoms with Gasteiger partial charge in [-0.05, 0) is 60.8 Å². The Morgan fingerprint density at radius 1 is 1.21 bits per heavy atom. The molecule has 2 unspecified atom stereocenters. The third-order valence-corrected chi connectivity index (χ3v) is 7.25. The van der Waals surface area contributed by atoms with E-state index in [-0.39, 0.29) is 5.92 Å². The van der Waals surface area contributed by atoms with Crippen LogP contribution >= 0.6 is 0 Å². The topological polar surface area (TPSA) is 108 Å². The van der Waals surface area contributed by atoms with Gasteiger partial charge in [-0.25, -0.2) is 0 Å². The Labute approximate surface area is 200 Å². The molecule has 0 radical (unpaired) electrons. The first-order chi connectivity index (χ1) is 16.6. The number of fused-ring (bicyclic) bond motifs is 2. The highest BCUT2D eigenvalue weighted by molar-refractivity contribution is 6.14. The molecule has 3 aromatic rings. The van der Waals surface area contributed by atoms with Crippen LogP contribution in [-0.4, -0.2) is 72.2 Å². The smallest absolute Gasteiger partial charge is 0.0868 e. The lowest BCUT2D eigenvalue weighted by Crippen LogP contribution is -2.49. The van der Waals surface area contributed by atoms with Gasteiger partial charge in [-0.2, -0.15) is 0 Å². The number of nitrogens with zero attached hydrogens (tertiary/aromatic N) is 3. The standard InChI is InChI=1S/C27H33N7/c1-31-15-21(14-28)19-5-6-24(29)23(12-19)27(30)26-13-20-11-18(4-7-25(20)32-26)16-33-9-10-34-8-2-3-22(34)17-33/h4-7,11-15,21-22,28,30,32H,2-3,8-10,16-17,29H2,1H3. The molecular formula is C27H33N7. The zero-order valence-electron chi connectivity index (χ0n) is 19.7. The number of piperazine rings is 1. The third-order valence-electron chi connectivity index (χ3n) is 7.25. The van der Waals surface area contributed by atoms with Crippen molar-refractivity contribution >= 4 is 34.7 Å². The number of hydrogen-bond acceptors (Lipinski definition) is 6. The Balaban J connectivity index is 1.36. The van der Waals surface area contributed by atoms with E-state index >= 15 is 0 Å². The Morgan fingerprint density at radius 3 is 2.91 bits per heavy atom. The molecule has 176 valence electrons. The van der Waals surface area contributed by atoms with Gasteiger partial charge in [0.05, 0.1) is 17.3 Å². The van der Waals surface area contributed by atoms with Gasteiger partial charge in [0.2, 0.25) is 0 Å². The second-order valence-electron chi connectivity index (χ2n) is 9.49. The molecule has 1 aromatic heterocycles. The van der Waals surface area contributed by atoms with Gasteiger partial charge in [-0.1, -0.05) is 12.1 Å². The molecule has 7 nitrogen and oxygen atoms in total. The first kappa shape index (κ1) is 22.5. The van der Waals surface area contributed by atoms with Crippen molar-refractivity contribution in [2.45, 2.75) is 31.3 Å². The zero-order chi connectivity index (χ0) is 23.7. The minimum Gasteiger partial charge on any atom is -0.398 e. The van der Waals surface area contributed by atoms with Crippen LogP contribution in [0.3, 0.4) is 0 Å². The highest BCUT2D eigenvalue weighted by Crippen LogP contribution is 2.26. The van der Waals surface area contributed by atoms with E-state index < -0.39 is 0 Å². The molecule has 2 aromatic carbocycles. The second-order valence-corrected chi connectivity index (χ2v) is 9.49. The Hall–Kier alpha value is -3.29. The number of aromatic nitrogens is 1. The molecule has 0 amide bonds. The predicted octanol–water partition coefficient (Wildman–Crippen LogP) is 3.88. The molecule has 3 heterocycles. The molecule has 0 aliphatic carbocycles. The molecule has 0 bridgehead atoms. The number of benzene rings is 2. The predicted molar refractivity (Wildman–Crippen MR) is 141 cm³/mol. The third kappa shape index (κ3) is 4.41. The van der Waals surface area contributed by atoms with Crippen LogP contribution in [0.1, 0.15) is 41.1 Å². The summed E-state index contributed by atoms with van der Waals surface area (Å²) in [5.74, 6) is -0.228. The van der Waals surface area contributed by atoms with Crippen LogP contribution in [0.4, 0.5) is 5.69 Å². The van der Waals surface area contributed by atoms with Crippen LogP contribution in [-0.2, 0) is 6.54 Å². The number of nitrogens with one attached hydrogen (secondary N) is 3. The molecule has 2 aliphatic rings. The van der Waals surface area contributed by atoms with Gasteiger partial charge in [0, 0.05) is 73.9 Å². The van der Waals surface area contributed by atoms with E-state index in [1.165, 1.54) is 37.7 Å². The summed E-state index contributed by atoms with van der Waals surface area (Å²) in [7, 11) is 1.70. The summed E-state index contributed by atoms with van der Waals surface area (Å²) < 4.78 is 0. The number of hydrogen-bond donors (Lipinski definition) is 4. The van der Waals surface area contributed by atoms with Crippen molar-refractivity contribution in [3.05, 3.63) is 64.8 Å². The average Bonchev–Trinajstić information content (AvgIpc) is 3.49. The summed E-state index contributed by atoms with van der Waals surface area (Å²) in [4.78, 5) is 12.7. The van der Waals surface area contributed by atoms with Crippen LogP contribution in [0.25, 0.3) is 10.9 Å². The van der Waals surface area contributed by atoms with Crippen LogP contribution in [0.2, 0.25) is 0 Å². The molecule has 0 spiro atoms. The van der Waals surface area contributed by atoms with Crippen molar-refractivity contribution in [3.8, 4) is 0 Å². The molecule has 0 saturated carbocycles. The molecule has 2 aliphatic heterocycles. The lowest BCUT2D eigenvalue weighted by Gasteiger charge is -2.37. The largest absolute Gasteiger partial charge is 0.398 e. The van der Waals surface area contributed by atoms with Crippen LogP contribution in [0, 0.1) is 10.8 Å². The van der Waals surface area contributed by atoms with Crippen molar-refractivity contribution in [2.75, 3.05) is 39.0 Å². The number of aromatic amines is 1. The van der Waals surface area contributed by atoms with Crippen LogP contribution in [0.15, 0.2) is 47.5 Å². The van der Waals surface area contributed by atoms with Crippen LogP contribution < -0.4 is 5.73 Å². The first-order valence-electron chi connectivity index (χ1n) is 12.1. The van der Waals surface area contributed by atoms with E-state index in [1.807, 2.05) is 24.3 Å². The summed E-state index contributed by atoms with van der Waals surface area (Å²) in [6, 6.07) is 14.9. The minimum absolute atomic E-state index is 0.228. The summed E-state index contributed by atoms with van der Waals surface area (Å²) in [5, 5.41) is 17.7. The molecule has 2 saturated heterocycles. The van der Waals surface area contributed by atoms with E-state index in [2.05, 4.69) is 38.0 Å². The van der Waals surface area contributed by atoms with Gasteiger partial charge >= 0.3 is 0 Å². The highest BCUT2D eigenvalue weighted by Gasteiger charge is 2.30. The van der Waals surface area contributed by atoms with Gasteiger partial charge in [0.25, 0.3) is 0 Å². The molecule has 2 fully saturated rings. The summed E-state index contributed by atoms with van der Waals surface area (Å²) >= 11 is 0. The number of H-pyrrole nitrogens is 1. The van der Waals surface area contributed by atoms with E-state index in [1.54, 1.807) is 13.3 Å². The van der Waals surface area contributed by atoms with Crippen LogP contribution in [0.5, 0.6) is 0 Å². The van der Waals surface area contributed by atoms with E-state index in [0.717, 1.165) is 47.8 Å². The number of nitrogen functional groups attached to an aromatic ring is 1. The Bertz CT molecular complexity index is 1240. The fraction of sp³-hybridized carbons (Fsp3) is 0.370.